The highest BCUT2D eigenvalue weighted by molar-refractivity contribution is 5.05. The van der Waals surface area contributed by atoms with Crippen LogP contribution in [-0.2, 0) is 17.6 Å². The Kier molecular flexibility index (Phi) is 3.64. The molecule has 0 bridgehead atoms. The maximum atomic E-state index is 11.4. The van der Waals surface area contributed by atoms with E-state index in [1.54, 1.807) is 13.3 Å². The van der Waals surface area contributed by atoms with Crippen LogP contribution in [-0.4, -0.2) is 23.7 Å². The molecule has 0 saturated heterocycles. The van der Waals surface area contributed by atoms with E-state index in [1.807, 2.05) is 6.92 Å². The van der Waals surface area contributed by atoms with Gasteiger partial charge in [-0.15, -0.1) is 0 Å². The van der Waals surface area contributed by atoms with Gasteiger partial charge in [-0.3, -0.25) is 4.79 Å². The van der Waals surface area contributed by atoms with Crippen LogP contribution >= 0.6 is 0 Å². The van der Waals surface area contributed by atoms with Gasteiger partial charge < -0.3 is 9.72 Å². The molecule has 0 aliphatic carbocycles. The molecule has 0 spiro atoms. The molecule has 1 aromatic rings. The van der Waals surface area contributed by atoms with Gasteiger partial charge in [0.25, 0.3) is 5.56 Å². The highest BCUT2D eigenvalue weighted by Gasteiger charge is 2.00. The van der Waals surface area contributed by atoms with E-state index in [0.717, 1.165) is 12.2 Å². The topological polar surface area (TPSA) is 55.0 Å². The van der Waals surface area contributed by atoms with Gasteiger partial charge in [0, 0.05) is 31.7 Å². The Bertz CT molecular complexity index is 320. The molecule has 0 fully saturated rings. The molecule has 1 heterocycles. The minimum absolute atomic E-state index is 0.0519. The third-order valence-corrected chi connectivity index (χ3v) is 1.84. The molecule has 4 nitrogen and oxygen atoms in total. The number of hydrogen-bond donors (Lipinski definition) is 1. The summed E-state index contributed by atoms with van der Waals surface area (Å²) in [5.41, 5.74) is 0.628. The van der Waals surface area contributed by atoms with Crippen molar-refractivity contribution in [1.29, 1.82) is 0 Å². The Balaban J connectivity index is 2.80. The van der Waals surface area contributed by atoms with Crippen LogP contribution in [0.4, 0.5) is 0 Å². The van der Waals surface area contributed by atoms with Crippen molar-refractivity contribution in [3.63, 3.8) is 0 Å². The molecule has 0 radical (unpaired) electrons. The van der Waals surface area contributed by atoms with E-state index in [-0.39, 0.29) is 5.56 Å². The van der Waals surface area contributed by atoms with Crippen molar-refractivity contribution in [1.82, 2.24) is 9.97 Å². The smallest absolute Gasteiger partial charge is 0.254 e. The third-order valence-electron chi connectivity index (χ3n) is 1.84. The van der Waals surface area contributed by atoms with E-state index >= 15 is 0 Å². The van der Waals surface area contributed by atoms with Crippen LogP contribution < -0.4 is 5.56 Å². The van der Waals surface area contributed by atoms with E-state index in [0.29, 0.717) is 18.6 Å². The lowest BCUT2D eigenvalue weighted by atomic mass is 10.2. The summed E-state index contributed by atoms with van der Waals surface area (Å²) in [5, 5.41) is 0. The number of H-pyrrole nitrogens is 1. The van der Waals surface area contributed by atoms with E-state index in [4.69, 9.17) is 4.74 Å². The average Bonchev–Trinajstić information content (AvgIpc) is 2.16. The van der Waals surface area contributed by atoms with Crippen LogP contribution in [0.1, 0.15) is 18.3 Å². The zero-order valence-corrected chi connectivity index (χ0v) is 7.96. The first-order valence-electron chi connectivity index (χ1n) is 4.34. The standard InChI is InChI=1S/C9H14N2O2/c1-3-8-10-6-7(4-5-13-2)9(12)11-8/h6H,3-5H2,1-2H3,(H,10,11,12). The maximum Gasteiger partial charge on any atom is 0.254 e. The van der Waals surface area contributed by atoms with Crippen molar-refractivity contribution in [2.75, 3.05) is 13.7 Å². The normalized spacial score (nSPS) is 10.3. The Morgan fingerprint density at radius 3 is 2.92 bits per heavy atom. The second kappa shape index (κ2) is 4.77. The molecular weight excluding hydrogens is 168 g/mol. The second-order valence-electron chi connectivity index (χ2n) is 2.78. The third kappa shape index (κ3) is 2.66. The summed E-state index contributed by atoms with van der Waals surface area (Å²) < 4.78 is 4.88. The Hall–Kier alpha value is -1.16. The Morgan fingerprint density at radius 1 is 1.62 bits per heavy atom. The van der Waals surface area contributed by atoms with Crippen molar-refractivity contribution in [3.8, 4) is 0 Å². The summed E-state index contributed by atoms with van der Waals surface area (Å²) in [6, 6.07) is 0. The van der Waals surface area contributed by atoms with Crippen molar-refractivity contribution in [2.24, 2.45) is 0 Å². The molecule has 72 valence electrons. The van der Waals surface area contributed by atoms with Gasteiger partial charge in [0.2, 0.25) is 0 Å². The molecule has 1 N–H and O–H groups in total. The van der Waals surface area contributed by atoms with E-state index in [9.17, 15) is 4.79 Å². The fourth-order valence-electron chi connectivity index (χ4n) is 1.03. The molecule has 1 rings (SSSR count). The molecule has 0 aromatic carbocycles. The van der Waals surface area contributed by atoms with Crippen LogP contribution in [0.2, 0.25) is 0 Å². The molecule has 0 aliphatic rings. The number of methoxy groups -OCH3 is 1. The molecule has 4 heteroatoms. The van der Waals surface area contributed by atoms with E-state index in [1.165, 1.54) is 0 Å². The fourth-order valence-corrected chi connectivity index (χ4v) is 1.03. The highest BCUT2D eigenvalue weighted by Crippen LogP contribution is 1.92. The molecule has 0 amide bonds. The van der Waals surface area contributed by atoms with Crippen LogP contribution in [0.3, 0.4) is 0 Å². The van der Waals surface area contributed by atoms with E-state index < -0.39 is 0 Å². The first-order valence-corrected chi connectivity index (χ1v) is 4.34. The number of nitrogens with zero attached hydrogens (tertiary/aromatic N) is 1. The first-order chi connectivity index (χ1) is 6.27. The minimum Gasteiger partial charge on any atom is -0.384 e. The molecule has 0 unspecified atom stereocenters. The lowest BCUT2D eigenvalue weighted by Crippen LogP contribution is -2.17. The van der Waals surface area contributed by atoms with Gasteiger partial charge in [-0.1, -0.05) is 6.92 Å². The minimum atomic E-state index is -0.0519. The number of aromatic amines is 1. The monoisotopic (exact) mass is 182 g/mol. The summed E-state index contributed by atoms with van der Waals surface area (Å²) in [4.78, 5) is 18.2. The van der Waals surface area contributed by atoms with Crippen molar-refractivity contribution < 1.29 is 4.74 Å². The zero-order valence-electron chi connectivity index (χ0n) is 7.96. The highest BCUT2D eigenvalue weighted by atomic mass is 16.5. The lowest BCUT2D eigenvalue weighted by Gasteiger charge is -2.00. The van der Waals surface area contributed by atoms with Crippen molar-refractivity contribution in [2.45, 2.75) is 19.8 Å². The number of aryl methyl sites for hydroxylation is 1. The van der Waals surface area contributed by atoms with Gasteiger partial charge in [0.1, 0.15) is 5.82 Å². The SMILES string of the molecule is CCc1ncc(CCOC)c(=O)[nH]1. The Labute approximate surface area is 77.0 Å². The molecular formula is C9H14N2O2. The van der Waals surface area contributed by atoms with Gasteiger partial charge in [-0.25, -0.2) is 4.98 Å². The summed E-state index contributed by atoms with van der Waals surface area (Å²) >= 11 is 0. The van der Waals surface area contributed by atoms with Crippen molar-refractivity contribution >= 4 is 0 Å². The second-order valence-corrected chi connectivity index (χ2v) is 2.78. The molecule has 0 saturated carbocycles. The summed E-state index contributed by atoms with van der Waals surface area (Å²) in [7, 11) is 1.61. The summed E-state index contributed by atoms with van der Waals surface area (Å²) in [5.74, 6) is 0.728. The van der Waals surface area contributed by atoms with Gasteiger partial charge in [-0.2, -0.15) is 0 Å². The molecule has 13 heavy (non-hydrogen) atoms. The number of nitrogens with one attached hydrogen (secondary N) is 1. The van der Waals surface area contributed by atoms with E-state index in [2.05, 4.69) is 9.97 Å². The number of aromatic nitrogens is 2. The summed E-state index contributed by atoms with van der Waals surface area (Å²) in [6.45, 7) is 2.50. The Morgan fingerprint density at radius 2 is 2.38 bits per heavy atom. The van der Waals surface area contributed by atoms with Gasteiger partial charge in [0.05, 0.1) is 6.61 Å². The first kappa shape index (κ1) is 9.92. The molecule has 0 atom stereocenters. The van der Waals surface area contributed by atoms with Crippen LogP contribution in [0.25, 0.3) is 0 Å². The largest absolute Gasteiger partial charge is 0.384 e. The van der Waals surface area contributed by atoms with Crippen LogP contribution in [0.15, 0.2) is 11.0 Å². The van der Waals surface area contributed by atoms with Crippen molar-refractivity contribution in [3.05, 3.63) is 27.9 Å². The number of ether oxygens (including phenoxy) is 1. The van der Waals surface area contributed by atoms with Gasteiger partial charge in [-0.05, 0) is 0 Å². The van der Waals surface area contributed by atoms with Crippen LogP contribution in [0, 0.1) is 0 Å². The number of rotatable bonds is 4. The quantitative estimate of drug-likeness (QED) is 0.738. The number of hydrogen-bond acceptors (Lipinski definition) is 3. The van der Waals surface area contributed by atoms with Gasteiger partial charge in [0.15, 0.2) is 0 Å². The molecule has 0 aliphatic heterocycles. The molecule has 1 aromatic heterocycles. The zero-order chi connectivity index (χ0) is 9.68. The maximum absolute atomic E-state index is 11.4. The lowest BCUT2D eigenvalue weighted by molar-refractivity contribution is 0.202. The van der Waals surface area contributed by atoms with Gasteiger partial charge >= 0.3 is 0 Å². The fraction of sp³-hybridized carbons (Fsp3) is 0.556. The van der Waals surface area contributed by atoms with Crippen LogP contribution in [0.5, 0.6) is 0 Å². The average molecular weight is 182 g/mol. The summed E-state index contributed by atoms with van der Waals surface area (Å²) in [6.07, 6.45) is 2.99. The predicted octanol–water partition coefficient (Wildman–Crippen LogP) is 0.521. The predicted molar refractivity (Wildman–Crippen MR) is 49.8 cm³/mol.